The van der Waals surface area contributed by atoms with Crippen LogP contribution < -0.4 is 4.74 Å². The maximum atomic E-state index is 11.5. The van der Waals surface area contributed by atoms with Gasteiger partial charge in [-0.05, 0) is 90.1 Å². The van der Waals surface area contributed by atoms with Crippen molar-refractivity contribution in [1.82, 2.24) is 19.9 Å². The number of allylic oxidation sites excluding steroid dienone is 2. The fraction of sp³-hybridized carbons (Fsp3) is 0.455. The van der Waals surface area contributed by atoms with Crippen molar-refractivity contribution in [3.8, 4) is 5.88 Å². The fourth-order valence-corrected chi connectivity index (χ4v) is 6.40. The molecule has 3 aromatic rings. The maximum Gasteiger partial charge on any atom is 0.253 e. The van der Waals surface area contributed by atoms with Crippen LogP contribution in [0.3, 0.4) is 0 Å². The molecule has 1 unspecified atom stereocenters. The zero-order chi connectivity index (χ0) is 27.9. The minimum absolute atomic E-state index is 0.389. The second kappa shape index (κ2) is 10.6. The Labute approximate surface area is 231 Å². The van der Waals surface area contributed by atoms with E-state index in [2.05, 4.69) is 63.6 Å². The smallest absolute Gasteiger partial charge is 0.253 e. The van der Waals surface area contributed by atoms with Crippen LogP contribution in [0.15, 0.2) is 24.3 Å². The molecule has 0 saturated carbocycles. The van der Waals surface area contributed by atoms with Gasteiger partial charge >= 0.3 is 0 Å². The summed E-state index contributed by atoms with van der Waals surface area (Å²) in [5.74, 6) is -1.08. The molecule has 3 N–H and O–H groups in total. The number of aromatic nitrogens is 4. The van der Waals surface area contributed by atoms with Crippen molar-refractivity contribution in [3.05, 3.63) is 63.6 Å². The third kappa shape index (κ3) is 4.49. The predicted molar refractivity (Wildman–Crippen MR) is 161 cm³/mol. The molecule has 2 aliphatic heterocycles. The predicted octanol–water partition coefficient (Wildman–Crippen LogP) is 7.93. The lowest BCUT2D eigenvalue weighted by Crippen LogP contribution is -2.28. The summed E-state index contributed by atoms with van der Waals surface area (Å²) in [5, 5.41) is 11.5. The quantitative estimate of drug-likeness (QED) is 0.292. The molecular formula is C33H42N4O2. The Morgan fingerprint density at radius 3 is 1.54 bits per heavy atom. The van der Waals surface area contributed by atoms with Crippen LogP contribution in [0.1, 0.15) is 107 Å². The Balaban J connectivity index is 2.00. The van der Waals surface area contributed by atoms with E-state index in [0.717, 1.165) is 72.0 Å². The molecule has 0 radical (unpaired) electrons. The largest absolute Gasteiger partial charge is 0.439 e. The van der Waals surface area contributed by atoms with Crippen molar-refractivity contribution in [3.63, 3.8) is 0 Å². The molecule has 8 bridgehead atoms. The van der Waals surface area contributed by atoms with Gasteiger partial charge in [0.25, 0.3) is 5.79 Å². The first kappa shape index (κ1) is 27.2. The third-order valence-corrected chi connectivity index (χ3v) is 8.41. The lowest BCUT2D eigenvalue weighted by molar-refractivity contribution is -0.138. The van der Waals surface area contributed by atoms with Gasteiger partial charge in [0.05, 0.1) is 11.4 Å². The molecule has 0 fully saturated rings. The van der Waals surface area contributed by atoms with E-state index < -0.39 is 5.79 Å². The number of hydrogen-bond donors (Lipinski definition) is 3. The van der Waals surface area contributed by atoms with Crippen LogP contribution in [-0.2, 0) is 31.5 Å². The highest BCUT2D eigenvalue weighted by Crippen LogP contribution is 2.38. The van der Waals surface area contributed by atoms with E-state index in [0.29, 0.717) is 18.0 Å². The maximum absolute atomic E-state index is 11.5. The molecule has 2 aliphatic rings. The van der Waals surface area contributed by atoms with Crippen LogP contribution >= 0.6 is 0 Å². The molecule has 6 nitrogen and oxygen atoms in total. The normalized spacial score (nSPS) is 17.1. The molecule has 0 aliphatic carbocycles. The van der Waals surface area contributed by atoms with Gasteiger partial charge in [0.1, 0.15) is 5.69 Å². The first-order chi connectivity index (χ1) is 18.8. The Hall–Kier alpha value is -3.38. The fourth-order valence-electron chi connectivity index (χ4n) is 6.40. The molecule has 3 aromatic heterocycles. The van der Waals surface area contributed by atoms with Gasteiger partial charge in [-0.3, -0.25) is 0 Å². The second-order valence-electron chi connectivity index (χ2n) is 10.4. The zero-order valence-corrected chi connectivity index (χ0v) is 24.5. The first-order valence-electron chi connectivity index (χ1n) is 14.8. The average molecular weight is 527 g/mol. The van der Waals surface area contributed by atoms with E-state index in [4.69, 9.17) is 14.7 Å². The molecule has 0 saturated heterocycles. The molecule has 39 heavy (non-hydrogen) atoms. The minimum atomic E-state index is -1.48. The number of rotatable bonds is 7. The highest BCUT2D eigenvalue weighted by molar-refractivity contribution is 5.93. The standard InChI is InChI=1S/C33H42N4O2/c1-8-19-20(9-2)26-16-28-22(11-4)24(13-6)30(36-28)18-32-37-31(33(38,14-7)39-32)17-29-23(12-5)21(10-3)27(35-29)15-25(19)34-26/h15-18,34-35,38H,8-14H2,1-7H3. The second-order valence-corrected chi connectivity index (χ2v) is 10.4. The SMILES string of the molecule is CCC1=C(CC)c2cc3[nH]c(cc4[nH]c(cc5nc(cc1n2)OC5(O)CC)c(CC)c4CC)c(CC)c3CC. The monoisotopic (exact) mass is 526 g/mol. The summed E-state index contributed by atoms with van der Waals surface area (Å²) >= 11 is 0. The Morgan fingerprint density at radius 1 is 0.615 bits per heavy atom. The molecule has 0 spiro atoms. The van der Waals surface area contributed by atoms with Crippen molar-refractivity contribution in [2.24, 2.45) is 0 Å². The van der Waals surface area contributed by atoms with Gasteiger partial charge in [0.15, 0.2) is 0 Å². The van der Waals surface area contributed by atoms with Crippen LogP contribution in [-0.4, -0.2) is 25.0 Å². The summed E-state index contributed by atoms with van der Waals surface area (Å²) in [7, 11) is 0. The van der Waals surface area contributed by atoms with Gasteiger partial charge in [-0.2, -0.15) is 0 Å². The van der Waals surface area contributed by atoms with Gasteiger partial charge in [-0.1, -0.05) is 48.5 Å². The summed E-state index contributed by atoms with van der Waals surface area (Å²) in [6.45, 7) is 15.1. The molecule has 0 amide bonds. The van der Waals surface area contributed by atoms with E-state index in [1.54, 1.807) is 0 Å². The van der Waals surface area contributed by atoms with Crippen molar-refractivity contribution in [2.45, 2.75) is 99.2 Å². The van der Waals surface area contributed by atoms with Gasteiger partial charge in [-0.15, -0.1) is 0 Å². The number of hydrogen-bond acceptors (Lipinski definition) is 4. The van der Waals surface area contributed by atoms with Crippen LogP contribution in [0, 0.1) is 0 Å². The van der Waals surface area contributed by atoms with Crippen LogP contribution in [0.4, 0.5) is 0 Å². The summed E-state index contributed by atoms with van der Waals surface area (Å²) in [4.78, 5) is 17.4. The number of H-pyrrole nitrogens is 2. The molecule has 1 atom stereocenters. The molecule has 6 heteroatoms. The van der Waals surface area contributed by atoms with Crippen molar-refractivity contribution in [1.29, 1.82) is 0 Å². The molecule has 5 rings (SSSR count). The lowest BCUT2D eigenvalue weighted by atomic mass is 10.00. The van der Waals surface area contributed by atoms with Crippen molar-refractivity contribution >= 4 is 33.2 Å². The minimum Gasteiger partial charge on any atom is -0.439 e. The van der Waals surface area contributed by atoms with Gasteiger partial charge in [-0.25, -0.2) is 9.97 Å². The van der Waals surface area contributed by atoms with Gasteiger partial charge < -0.3 is 19.8 Å². The van der Waals surface area contributed by atoms with E-state index in [1.807, 2.05) is 19.1 Å². The summed E-state index contributed by atoms with van der Waals surface area (Å²) in [5.41, 5.74) is 14.4. The number of aromatic amines is 2. The number of nitrogens with zero attached hydrogens (tertiary/aromatic N) is 2. The molecule has 5 heterocycles. The highest BCUT2D eigenvalue weighted by atomic mass is 16.6. The van der Waals surface area contributed by atoms with E-state index in [9.17, 15) is 5.11 Å². The van der Waals surface area contributed by atoms with E-state index in [-0.39, 0.29) is 0 Å². The Morgan fingerprint density at radius 2 is 1.08 bits per heavy atom. The number of aryl methyl sites for hydroxylation is 4. The van der Waals surface area contributed by atoms with Crippen LogP contribution in [0.5, 0.6) is 5.88 Å². The summed E-state index contributed by atoms with van der Waals surface area (Å²) in [6, 6.07) is 8.36. The topological polar surface area (TPSA) is 86.8 Å². The van der Waals surface area contributed by atoms with Gasteiger partial charge in [0, 0.05) is 34.6 Å². The van der Waals surface area contributed by atoms with Crippen LogP contribution in [0.25, 0.3) is 33.2 Å². The lowest BCUT2D eigenvalue weighted by Gasteiger charge is -2.19. The van der Waals surface area contributed by atoms with E-state index >= 15 is 0 Å². The van der Waals surface area contributed by atoms with Gasteiger partial charge in [0.2, 0.25) is 5.88 Å². The number of fused-ring (bicyclic) bond motifs is 8. The summed E-state index contributed by atoms with van der Waals surface area (Å²) < 4.78 is 6.10. The zero-order valence-electron chi connectivity index (χ0n) is 24.5. The van der Waals surface area contributed by atoms with Crippen molar-refractivity contribution < 1.29 is 9.84 Å². The number of ether oxygens (including phenoxy) is 1. The van der Waals surface area contributed by atoms with E-state index in [1.165, 1.54) is 33.4 Å². The highest BCUT2D eigenvalue weighted by Gasteiger charge is 2.37. The number of nitrogens with one attached hydrogen (secondary N) is 2. The molecular weight excluding hydrogens is 484 g/mol. The first-order valence-corrected chi connectivity index (χ1v) is 14.8. The average Bonchev–Trinajstić information content (AvgIpc) is 3.64. The Kier molecular flexibility index (Phi) is 7.43. The Bertz CT molecular complexity index is 1610. The number of aliphatic hydroxyl groups is 1. The summed E-state index contributed by atoms with van der Waals surface area (Å²) in [6.07, 6.45) is 5.83. The third-order valence-electron chi connectivity index (χ3n) is 8.41. The van der Waals surface area contributed by atoms with Crippen molar-refractivity contribution in [2.75, 3.05) is 0 Å². The van der Waals surface area contributed by atoms with Crippen LogP contribution in [0.2, 0.25) is 0 Å². The molecule has 206 valence electrons. The molecule has 0 aromatic carbocycles.